The van der Waals surface area contributed by atoms with Crippen molar-refractivity contribution in [1.29, 1.82) is 0 Å². The van der Waals surface area contributed by atoms with Crippen LogP contribution in [0.4, 0.5) is 30.2 Å². The number of hydrogen-bond donors (Lipinski definition) is 1. The first-order valence-electron chi connectivity index (χ1n) is 12.4. The number of aryl methyl sites for hydroxylation is 1. The van der Waals surface area contributed by atoms with Crippen molar-refractivity contribution in [2.75, 3.05) is 54.5 Å². The molecule has 37 heavy (non-hydrogen) atoms. The number of rotatable bonds is 5. The van der Waals surface area contributed by atoms with Crippen LogP contribution in [0.15, 0.2) is 60.9 Å². The Labute approximate surface area is 214 Å². The molecule has 9 heteroatoms. The summed E-state index contributed by atoms with van der Waals surface area (Å²) in [5.41, 5.74) is 2.09. The largest absolute Gasteiger partial charge is 0.417 e. The Morgan fingerprint density at radius 3 is 2.41 bits per heavy atom. The van der Waals surface area contributed by atoms with Crippen LogP contribution in [0.1, 0.15) is 39.4 Å². The van der Waals surface area contributed by atoms with Gasteiger partial charge in [-0.1, -0.05) is 24.3 Å². The van der Waals surface area contributed by atoms with Gasteiger partial charge in [-0.15, -0.1) is 0 Å². The molecule has 0 spiro atoms. The van der Waals surface area contributed by atoms with Gasteiger partial charge in [0.15, 0.2) is 0 Å². The number of pyridine rings is 1. The number of morpholine rings is 1. The van der Waals surface area contributed by atoms with Crippen LogP contribution in [0.2, 0.25) is 0 Å². The number of ether oxygens (including phenoxy) is 1. The van der Waals surface area contributed by atoms with Crippen molar-refractivity contribution in [2.45, 2.75) is 25.4 Å². The summed E-state index contributed by atoms with van der Waals surface area (Å²) in [7, 11) is 0. The Kier molecular flexibility index (Phi) is 7.06. The average molecular weight is 511 g/mol. The molecule has 2 fully saturated rings. The third kappa shape index (κ3) is 5.41. The van der Waals surface area contributed by atoms with E-state index in [4.69, 9.17) is 4.74 Å². The molecule has 0 aliphatic carbocycles. The predicted molar refractivity (Wildman–Crippen MR) is 137 cm³/mol. The van der Waals surface area contributed by atoms with Gasteiger partial charge < -0.3 is 19.9 Å². The topological polar surface area (TPSA) is 57.7 Å². The Bertz CT molecular complexity index is 1260. The monoisotopic (exact) mass is 510 g/mol. The zero-order valence-electron chi connectivity index (χ0n) is 20.6. The lowest BCUT2D eigenvalue weighted by Gasteiger charge is -2.29. The summed E-state index contributed by atoms with van der Waals surface area (Å²) in [5, 5.41) is 2.76. The standard InChI is InChI=1S/C28H29F3N4O2/c1-19-7-8-24(33-27(36)20-5-3-2-4-6-20)25(26(19)28(29,30)31)21-9-10-35(18-21)23-15-22(16-32-17-23)34-11-13-37-14-12-34/h2-8,15-17,21H,9-14,18H2,1H3,(H,33,36). The number of amides is 1. The van der Waals surface area contributed by atoms with Crippen molar-refractivity contribution < 1.29 is 22.7 Å². The third-order valence-corrected chi connectivity index (χ3v) is 7.07. The first-order chi connectivity index (χ1) is 17.8. The third-order valence-electron chi connectivity index (χ3n) is 7.07. The summed E-state index contributed by atoms with van der Waals surface area (Å²) in [6.07, 6.45) is -0.451. The summed E-state index contributed by atoms with van der Waals surface area (Å²) in [5.74, 6) is -0.842. The number of hydrogen-bond acceptors (Lipinski definition) is 5. The number of benzene rings is 2. The zero-order valence-corrected chi connectivity index (χ0v) is 20.6. The van der Waals surface area contributed by atoms with E-state index in [1.165, 1.54) is 13.0 Å². The van der Waals surface area contributed by atoms with Crippen molar-refractivity contribution in [1.82, 2.24) is 4.98 Å². The SMILES string of the molecule is Cc1ccc(NC(=O)c2ccccc2)c(C2CCN(c3cncc(N4CCOCC4)c3)C2)c1C(F)(F)F. The van der Waals surface area contributed by atoms with Crippen molar-refractivity contribution in [3.8, 4) is 0 Å². The molecule has 3 aromatic rings. The number of nitrogens with one attached hydrogen (secondary N) is 1. The van der Waals surface area contributed by atoms with E-state index >= 15 is 0 Å². The molecular formula is C28H29F3N4O2. The maximum absolute atomic E-state index is 14.3. The smallest absolute Gasteiger partial charge is 0.378 e. The number of halogens is 3. The van der Waals surface area contributed by atoms with Gasteiger partial charge in [0.2, 0.25) is 0 Å². The molecular weight excluding hydrogens is 481 g/mol. The van der Waals surface area contributed by atoms with Crippen molar-refractivity contribution >= 4 is 23.0 Å². The highest BCUT2D eigenvalue weighted by Gasteiger charge is 2.40. The lowest BCUT2D eigenvalue weighted by Crippen LogP contribution is -2.36. The van der Waals surface area contributed by atoms with Gasteiger partial charge in [0.05, 0.1) is 42.5 Å². The molecule has 0 saturated carbocycles. The minimum atomic E-state index is -4.54. The summed E-state index contributed by atoms with van der Waals surface area (Å²) in [6.45, 7) is 5.32. The fourth-order valence-corrected chi connectivity index (χ4v) is 5.24. The summed E-state index contributed by atoms with van der Waals surface area (Å²) in [4.78, 5) is 21.6. The molecule has 5 rings (SSSR count). The van der Waals surface area contributed by atoms with Crippen LogP contribution >= 0.6 is 0 Å². The molecule has 0 radical (unpaired) electrons. The van der Waals surface area contributed by atoms with Crippen LogP contribution in [-0.4, -0.2) is 50.3 Å². The highest BCUT2D eigenvalue weighted by molar-refractivity contribution is 6.04. The van der Waals surface area contributed by atoms with E-state index in [1.807, 2.05) is 12.3 Å². The molecule has 194 valence electrons. The van der Waals surface area contributed by atoms with E-state index in [0.717, 1.165) is 24.5 Å². The van der Waals surface area contributed by atoms with Gasteiger partial charge in [-0.3, -0.25) is 9.78 Å². The van der Waals surface area contributed by atoms with E-state index in [-0.39, 0.29) is 16.8 Å². The Hall–Kier alpha value is -3.59. The summed E-state index contributed by atoms with van der Waals surface area (Å²) >= 11 is 0. The molecule has 1 N–H and O–H groups in total. The number of alkyl halides is 3. The van der Waals surface area contributed by atoms with Gasteiger partial charge >= 0.3 is 6.18 Å². The van der Waals surface area contributed by atoms with Gasteiger partial charge in [0.25, 0.3) is 5.91 Å². The summed E-state index contributed by atoms with van der Waals surface area (Å²) in [6, 6.07) is 13.6. The number of nitrogens with zero attached hydrogens (tertiary/aromatic N) is 3. The Balaban J connectivity index is 1.45. The normalized spacial score (nSPS) is 18.2. The summed E-state index contributed by atoms with van der Waals surface area (Å²) < 4.78 is 48.4. The van der Waals surface area contributed by atoms with Crippen LogP contribution in [0.25, 0.3) is 0 Å². The number of carbonyl (C=O) groups is 1. The van der Waals surface area contributed by atoms with E-state index in [1.54, 1.807) is 42.6 Å². The van der Waals surface area contributed by atoms with Crippen LogP contribution in [0.5, 0.6) is 0 Å². The zero-order chi connectivity index (χ0) is 26.0. The van der Waals surface area contributed by atoms with Crippen LogP contribution in [0, 0.1) is 6.92 Å². The Morgan fingerprint density at radius 1 is 1.00 bits per heavy atom. The van der Waals surface area contributed by atoms with E-state index in [9.17, 15) is 18.0 Å². The van der Waals surface area contributed by atoms with Gasteiger partial charge in [-0.25, -0.2) is 0 Å². The first-order valence-corrected chi connectivity index (χ1v) is 12.4. The second-order valence-corrected chi connectivity index (χ2v) is 9.47. The molecule has 1 amide bonds. The first kappa shape index (κ1) is 25.1. The highest BCUT2D eigenvalue weighted by Crippen LogP contribution is 2.44. The van der Waals surface area contributed by atoms with Crippen molar-refractivity contribution in [2.24, 2.45) is 0 Å². The van der Waals surface area contributed by atoms with E-state index in [0.29, 0.717) is 38.3 Å². The van der Waals surface area contributed by atoms with Crippen LogP contribution < -0.4 is 15.1 Å². The van der Waals surface area contributed by atoms with Gasteiger partial charge in [-0.2, -0.15) is 13.2 Å². The second kappa shape index (κ2) is 10.4. The molecule has 2 aliphatic rings. The molecule has 1 unspecified atom stereocenters. The molecule has 6 nitrogen and oxygen atoms in total. The number of aromatic nitrogens is 1. The van der Waals surface area contributed by atoms with Crippen molar-refractivity contribution in [3.05, 3.63) is 83.2 Å². The second-order valence-electron chi connectivity index (χ2n) is 9.47. The molecule has 3 heterocycles. The fraction of sp³-hybridized carbons (Fsp3) is 0.357. The molecule has 2 saturated heterocycles. The molecule has 0 bridgehead atoms. The predicted octanol–water partition coefficient (Wildman–Crippen LogP) is 5.49. The van der Waals surface area contributed by atoms with Crippen molar-refractivity contribution in [3.63, 3.8) is 0 Å². The maximum atomic E-state index is 14.3. The van der Waals surface area contributed by atoms with Crippen LogP contribution in [0.3, 0.4) is 0 Å². The number of anilines is 3. The van der Waals surface area contributed by atoms with E-state index < -0.39 is 23.6 Å². The quantitative estimate of drug-likeness (QED) is 0.492. The maximum Gasteiger partial charge on any atom is 0.417 e. The minimum absolute atomic E-state index is 0.148. The van der Waals surface area contributed by atoms with Gasteiger partial charge in [0.1, 0.15) is 0 Å². The minimum Gasteiger partial charge on any atom is -0.378 e. The molecule has 2 aromatic carbocycles. The lowest BCUT2D eigenvalue weighted by molar-refractivity contribution is -0.138. The molecule has 1 atom stereocenters. The average Bonchev–Trinajstić information content (AvgIpc) is 3.40. The fourth-order valence-electron chi connectivity index (χ4n) is 5.24. The molecule has 2 aliphatic heterocycles. The molecule has 1 aromatic heterocycles. The van der Waals surface area contributed by atoms with Gasteiger partial charge in [-0.05, 0) is 48.7 Å². The Morgan fingerprint density at radius 2 is 1.70 bits per heavy atom. The van der Waals surface area contributed by atoms with Crippen LogP contribution in [-0.2, 0) is 10.9 Å². The lowest BCUT2D eigenvalue weighted by atomic mass is 9.88. The van der Waals surface area contributed by atoms with E-state index in [2.05, 4.69) is 20.1 Å². The number of carbonyl (C=O) groups excluding carboxylic acids is 1. The van der Waals surface area contributed by atoms with Gasteiger partial charge in [0, 0.05) is 43.3 Å². The highest BCUT2D eigenvalue weighted by atomic mass is 19.4.